The van der Waals surface area contributed by atoms with Crippen molar-refractivity contribution in [2.45, 2.75) is 20.3 Å². The number of nitrogens with one attached hydrogen (secondary N) is 1. The molecule has 5 heteroatoms. The number of hydrogen-bond acceptors (Lipinski definition) is 3. The molecule has 2 amide bonds. The normalized spacial score (nSPS) is 15.0. The molecule has 1 aromatic carbocycles. The molecule has 1 heterocycles. The fraction of sp³-hybridized carbons (Fsp3) is 0.429. The average Bonchev–Trinajstić information content (AvgIpc) is 2.80. The second kappa shape index (κ2) is 5.40. The number of carbonyl (C=O) groups excluding carboxylic acids is 2. The van der Waals surface area contributed by atoms with Gasteiger partial charge in [0.15, 0.2) is 0 Å². The SMILES string of the molecule is CC(=O)N1CCc2cc(NC(=O)C(C)CN)ccc21. The number of benzene rings is 1. The zero-order valence-electron chi connectivity index (χ0n) is 11.3. The lowest BCUT2D eigenvalue weighted by Crippen LogP contribution is -2.27. The van der Waals surface area contributed by atoms with Crippen LogP contribution in [0.5, 0.6) is 0 Å². The third kappa shape index (κ3) is 2.76. The Kier molecular flexibility index (Phi) is 3.85. The molecule has 0 bridgehead atoms. The molecule has 1 unspecified atom stereocenters. The first-order valence-corrected chi connectivity index (χ1v) is 6.45. The Labute approximate surface area is 112 Å². The minimum Gasteiger partial charge on any atom is -0.330 e. The number of rotatable bonds is 3. The topological polar surface area (TPSA) is 75.4 Å². The summed E-state index contributed by atoms with van der Waals surface area (Å²) >= 11 is 0. The summed E-state index contributed by atoms with van der Waals surface area (Å²) in [6, 6.07) is 5.63. The van der Waals surface area contributed by atoms with Gasteiger partial charge in [0.25, 0.3) is 0 Å². The molecule has 1 aliphatic heterocycles. The van der Waals surface area contributed by atoms with Gasteiger partial charge in [-0.3, -0.25) is 9.59 Å². The summed E-state index contributed by atoms with van der Waals surface area (Å²) in [4.78, 5) is 25.0. The lowest BCUT2D eigenvalue weighted by atomic mass is 10.1. The van der Waals surface area contributed by atoms with Crippen LogP contribution < -0.4 is 16.0 Å². The Morgan fingerprint density at radius 1 is 1.47 bits per heavy atom. The van der Waals surface area contributed by atoms with Crippen LogP contribution in [0.3, 0.4) is 0 Å². The van der Waals surface area contributed by atoms with Gasteiger partial charge in [-0.25, -0.2) is 0 Å². The van der Waals surface area contributed by atoms with E-state index >= 15 is 0 Å². The van der Waals surface area contributed by atoms with Gasteiger partial charge in [0, 0.05) is 37.3 Å². The van der Waals surface area contributed by atoms with Gasteiger partial charge in [-0.05, 0) is 30.2 Å². The molecular formula is C14H19N3O2. The molecule has 0 fully saturated rings. The van der Waals surface area contributed by atoms with Gasteiger partial charge in [0.05, 0.1) is 0 Å². The van der Waals surface area contributed by atoms with Gasteiger partial charge in [0.2, 0.25) is 11.8 Å². The van der Waals surface area contributed by atoms with Gasteiger partial charge in [-0.1, -0.05) is 6.92 Å². The van der Waals surface area contributed by atoms with Crippen LogP contribution in [0.4, 0.5) is 11.4 Å². The van der Waals surface area contributed by atoms with Crippen LogP contribution in [0, 0.1) is 5.92 Å². The number of carbonyl (C=O) groups is 2. The van der Waals surface area contributed by atoms with Crippen molar-refractivity contribution >= 4 is 23.2 Å². The highest BCUT2D eigenvalue weighted by Gasteiger charge is 2.22. The van der Waals surface area contributed by atoms with E-state index in [1.807, 2.05) is 18.2 Å². The first-order chi connectivity index (χ1) is 9.02. The summed E-state index contributed by atoms with van der Waals surface area (Å²) in [5.41, 5.74) is 8.26. The van der Waals surface area contributed by atoms with E-state index in [1.54, 1.807) is 18.7 Å². The highest BCUT2D eigenvalue weighted by atomic mass is 16.2. The largest absolute Gasteiger partial charge is 0.330 e. The van der Waals surface area contributed by atoms with Gasteiger partial charge >= 0.3 is 0 Å². The molecule has 0 aliphatic carbocycles. The summed E-state index contributed by atoms with van der Waals surface area (Å²) in [7, 11) is 0. The molecule has 0 saturated carbocycles. The van der Waals surface area contributed by atoms with E-state index in [0.717, 1.165) is 23.4 Å². The van der Waals surface area contributed by atoms with Crippen molar-refractivity contribution < 1.29 is 9.59 Å². The zero-order chi connectivity index (χ0) is 14.0. The first kappa shape index (κ1) is 13.5. The highest BCUT2D eigenvalue weighted by molar-refractivity contribution is 5.96. The second-order valence-corrected chi connectivity index (χ2v) is 4.89. The van der Waals surface area contributed by atoms with E-state index in [1.165, 1.54) is 0 Å². The minimum absolute atomic E-state index is 0.0484. The molecule has 0 aromatic heterocycles. The molecule has 1 atom stereocenters. The Bertz CT molecular complexity index is 513. The van der Waals surface area contributed by atoms with E-state index < -0.39 is 0 Å². The van der Waals surface area contributed by atoms with E-state index in [9.17, 15) is 9.59 Å². The monoisotopic (exact) mass is 261 g/mol. The van der Waals surface area contributed by atoms with Crippen molar-refractivity contribution in [1.82, 2.24) is 0 Å². The van der Waals surface area contributed by atoms with E-state index in [4.69, 9.17) is 5.73 Å². The maximum atomic E-state index is 11.8. The summed E-state index contributed by atoms with van der Waals surface area (Å²) in [6.07, 6.45) is 0.824. The molecule has 1 aliphatic rings. The number of nitrogens with zero attached hydrogens (tertiary/aromatic N) is 1. The molecule has 102 valence electrons. The lowest BCUT2D eigenvalue weighted by molar-refractivity contribution is -0.119. The summed E-state index contributed by atoms with van der Waals surface area (Å²) in [5.74, 6) is -0.238. The molecule has 19 heavy (non-hydrogen) atoms. The van der Waals surface area contributed by atoms with Crippen LogP contribution in [-0.4, -0.2) is 24.9 Å². The standard InChI is InChI=1S/C14H19N3O2/c1-9(8-15)14(19)16-12-3-4-13-11(7-12)5-6-17(13)10(2)18/h3-4,7,9H,5-6,8,15H2,1-2H3,(H,16,19). The maximum Gasteiger partial charge on any atom is 0.228 e. The van der Waals surface area contributed by atoms with Crippen molar-refractivity contribution in [3.63, 3.8) is 0 Å². The average molecular weight is 261 g/mol. The van der Waals surface area contributed by atoms with Crippen LogP contribution in [0.2, 0.25) is 0 Å². The Morgan fingerprint density at radius 2 is 2.21 bits per heavy atom. The number of amides is 2. The van der Waals surface area contributed by atoms with Crippen LogP contribution in [0.1, 0.15) is 19.4 Å². The van der Waals surface area contributed by atoms with Crippen LogP contribution in [0.15, 0.2) is 18.2 Å². The quantitative estimate of drug-likeness (QED) is 0.856. The number of hydrogen-bond donors (Lipinski definition) is 2. The molecule has 1 aromatic rings. The van der Waals surface area contributed by atoms with E-state index in [-0.39, 0.29) is 17.7 Å². The molecule has 2 rings (SSSR count). The number of anilines is 2. The highest BCUT2D eigenvalue weighted by Crippen LogP contribution is 2.30. The second-order valence-electron chi connectivity index (χ2n) is 4.89. The van der Waals surface area contributed by atoms with Crippen LogP contribution in [0.25, 0.3) is 0 Å². The third-order valence-electron chi connectivity index (χ3n) is 3.42. The fourth-order valence-electron chi connectivity index (χ4n) is 2.18. The van der Waals surface area contributed by atoms with Crippen LogP contribution >= 0.6 is 0 Å². The predicted octanol–water partition coefficient (Wildman–Crippen LogP) is 1.13. The zero-order valence-corrected chi connectivity index (χ0v) is 11.3. The summed E-state index contributed by atoms with van der Waals surface area (Å²) < 4.78 is 0. The number of nitrogens with two attached hydrogens (primary N) is 1. The molecular weight excluding hydrogens is 242 g/mol. The lowest BCUT2D eigenvalue weighted by Gasteiger charge is -2.15. The van der Waals surface area contributed by atoms with Crippen molar-refractivity contribution in [2.24, 2.45) is 11.7 Å². The molecule has 3 N–H and O–H groups in total. The Hall–Kier alpha value is -1.88. The van der Waals surface area contributed by atoms with Gasteiger partial charge < -0.3 is 16.0 Å². The molecule has 0 spiro atoms. The Balaban J connectivity index is 2.15. The van der Waals surface area contributed by atoms with Gasteiger partial charge in [-0.15, -0.1) is 0 Å². The van der Waals surface area contributed by atoms with E-state index in [0.29, 0.717) is 13.1 Å². The Morgan fingerprint density at radius 3 is 2.84 bits per heavy atom. The summed E-state index contributed by atoms with van der Waals surface area (Å²) in [5, 5.41) is 2.84. The minimum atomic E-state index is -0.207. The van der Waals surface area contributed by atoms with E-state index in [2.05, 4.69) is 5.32 Å². The van der Waals surface area contributed by atoms with Crippen molar-refractivity contribution in [3.05, 3.63) is 23.8 Å². The summed E-state index contributed by atoms with van der Waals surface area (Å²) in [6.45, 7) is 4.39. The number of fused-ring (bicyclic) bond motifs is 1. The molecule has 0 saturated heterocycles. The maximum absolute atomic E-state index is 11.8. The van der Waals surface area contributed by atoms with Crippen molar-refractivity contribution in [1.29, 1.82) is 0 Å². The first-order valence-electron chi connectivity index (χ1n) is 6.45. The van der Waals surface area contributed by atoms with Crippen LogP contribution in [-0.2, 0) is 16.0 Å². The fourth-order valence-corrected chi connectivity index (χ4v) is 2.18. The van der Waals surface area contributed by atoms with Gasteiger partial charge in [0.1, 0.15) is 0 Å². The molecule has 0 radical (unpaired) electrons. The van der Waals surface area contributed by atoms with Crippen molar-refractivity contribution in [3.8, 4) is 0 Å². The van der Waals surface area contributed by atoms with Crippen molar-refractivity contribution in [2.75, 3.05) is 23.3 Å². The predicted molar refractivity (Wildman–Crippen MR) is 75.0 cm³/mol. The molecule has 5 nitrogen and oxygen atoms in total. The van der Waals surface area contributed by atoms with Gasteiger partial charge in [-0.2, -0.15) is 0 Å². The third-order valence-corrected chi connectivity index (χ3v) is 3.42. The smallest absolute Gasteiger partial charge is 0.228 e.